The van der Waals surface area contributed by atoms with Crippen LogP contribution in [0.2, 0.25) is 0 Å². The maximum atomic E-state index is 5.40. The molecule has 266 valence electrons. The molecule has 0 atom stereocenters. The van der Waals surface area contributed by atoms with Crippen molar-refractivity contribution in [3.05, 3.63) is 206 Å². The lowest BCUT2D eigenvalue weighted by Crippen LogP contribution is -2.04. The molecular formula is C53H34N4. The molecule has 11 rings (SSSR count). The minimum atomic E-state index is 0.615. The highest BCUT2D eigenvalue weighted by atomic mass is 15.0. The predicted octanol–water partition coefficient (Wildman–Crippen LogP) is 13.6. The van der Waals surface area contributed by atoms with Crippen molar-refractivity contribution < 1.29 is 0 Å². The minimum Gasteiger partial charge on any atom is -0.309 e. The second-order valence-electron chi connectivity index (χ2n) is 14.3. The second-order valence-corrected chi connectivity index (χ2v) is 14.3. The van der Waals surface area contributed by atoms with Gasteiger partial charge in [-0.3, -0.25) is 0 Å². The van der Waals surface area contributed by atoms with Crippen LogP contribution in [0, 0.1) is 0 Å². The summed E-state index contributed by atoms with van der Waals surface area (Å²) in [5.74, 6) is 1.86. The SMILES string of the molecule is c1ccc(-c2nc(-c3ccccc3-c3ccccc3)nc(-c3cc(-n4c5ccccc5c5ccccc54)c(-c4cccc5ccccc45)c4ccccc34)n2)cc1. The van der Waals surface area contributed by atoms with E-state index in [0.717, 1.165) is 60.9 Å². The standard InChI is InChI=1S/C53H34N4/c1-3-18-35(19-4-1)39-25-9-12-30-45(39)52-54-51(37-21-5-2-6-22-37)55-53(56-52)46-34-49(57-47-32-15-13-27-41(47)42-28-14-16-33-48(42)57)50(44-29-11-10-26-40(44)46)43-31-17-23-36-20-7-8-24-38(36)43/h1-34H. The van der Waals surface area contributed by atoms with Gasteiger partial charge in [-0.25, -0.2) is 15.0 Å². The molecular weight excluding hydrogens is 693 g/mol. The van der Waals surface area contributed by atoms with Gasteiger partial charge >= 0.3 is 0 Å². The van der Waals surface area contributed by atoms with Crippen LogP contribution in [0.1, 0.15) is 0 Å². The smallest absolute Gasteiger partial charge is 0.164 e. The third-order valence-electron chi connectivity index (χ3n) is 11.1. The normalized spacial score (nSPS) is 11.5. The van der Waals surface area contributed by atoms with Crippen molar-refractivity contribution in [3.8, 4) is 62.1 Å². The number of benzene rings is 9. The number of hydrogen-bond donors (Lipinski definition) is 0. The summed E-state index contributed by atoms with van der Waals surface area (Å²) in [4.78, 5) is 15.9. The Bertz CT molecular complexity index is 3230. The maximum absolute atomic E-state index is 5.40. The zero-order valence-electron chi connectivity index (χ0n) is 30.9. The molecule has 0 saturated carbocycles. The van der Waals surface area contributed by atoms with Crippen LogP contribution in [0.3, 0.4) is 0 Å². The van der Waals surface area contributed by atoms with Gasteiger partial charge in [0.15, 0.2) is 17.5 Å². The molecule has 2 heterocycles. The zero-order valence-corrected chi connectivity index (χ0v) is 30.9. The average Bonchev–Trinajstić information content (AvgIpc) is 3.63. The molecule has 0 aliphatic carbocycles. The fourth-order valence-electron chi connectivity index (χ4n) is 8.51. The Labute approximate surface area is 330 Å². The van der Waals surface area contributed by atoms with Crippen LogP contribution in [-0.4, -0.2) is 19.5 Å². The third-order valence-corrected chi connectivity index (χ3v) is 11.1. The molecule has 11 aromatic rings. The van der Waals surface area contributed by atoms with Crippen molar-refractivity contribution in [2.45, 2.75) is 0 Å². The van der Waals surface area contributed by atoms with Gasteiger partial charge in [0.25, 0.3) is 0 Å². The van der Waals surface area contributed by atoms with Crippen LogP contribution >= 0.6 is 0 Å². The van der Waals surface area contributed by atoms with Crippen LogP contribution in [0.15, 0.2) is 206 Å². The van der Waals surface area contributed by atoms with Gasteiger partial charge in [0.2, 0.25) is 0 Å². The molecule has 0 aliphatic heterocycles. The van der Waals surface area contributed by atoms with E-state index in [1.54, 1.807) is 0 Å². The molecule has 57 heavy (non-hydrogen) atoms. The molecule has 0 spiro atoms. The highest BCUT2D eigenvalue weighted by Gasteiger charge is 2.24. The Morgan fingerprint density at radius 1 is 0.298 bits per heavy atom. The maximum Gasteiger partial charge on any atom is 0.164 e. The van der Waals surface area contributed by atoms with E-state index < -0.39 is 0 Å². The van der Waals surface area contributed by atoms with Crippen LogP contribution in [-0.2, 0) is 0 Å². The summed E-state index contributed by atoms with van der Waals surface area (Å²) >= 11 is 0. The first-order chi connectivity index (χ1) is 28.3. The van der Waals surface area contributed by atoms with E-state index in [1.165, 1.54) is 27.1 Å². The molecule has 2 aromatic heterocycles. The lowest BCUT2D eigenvalue weighted by molar-refractivity contribution is 1.07. The highest BCUT2D eigenvalue weighted by Crippen LogP contribution is 2.45. The fourth-order valence-corrected chi connectivity index (χ4v) is 8.51. The molecule has 0 bridgehead atoms. The number of para-hydroxylation sites is 2. The molecule has 0 saturated heterocycles. The first kappa shape index (κ1) is 32.7. The summed E-state index contributed by atoms with van der Waals surface area (Å²) in [6.07, 6.45) is 0. The molecule has 4 heteroatoms. The van der Waals surface area contributed by atoms with E-state index in [0.29, 0.717) is 17.5 Å². The average molecular weight is 727 g/mol. The molecule has 0 unspecified atom stereocenters. The second kappa shape index (κ2) is 13.6. The van der Waals surface area contributed by atoms with Crippen LogP contribution in [0.4, 0.5) is 0 Å². The van der Waals surface area contributed by atoms with Gasteiger partial charge in [0.05, 0.1) is 16.7 Å². The van der Waals surface area contributed by atoms with Crippen molar-refractivity contribution in [1.29, 1.82) is 0 Å². The van der Waals surface area contributed by atoms with Gasteiger partial charge < -0.3 is 4.57 Å². The summed E-state index contributed by atoms with van der Waals surface area (Å²) in [5.41, 5.74) is 10.7. The van der Waals surface area contributed by atoms with Crippen molar-refractivity contribution >= 4 is 43.4 Å². The van der Waals surface area contributed by atoms with E-state index in [2.05, 4.69) is 187 Å². The molecule has 0 amide bonds. The number of nitrogens with zero attached hydrogens (tertiary/aromatic N) is 4. The van der Waals surface area contributed by atoms with Crippen molar-refractivity contribution in [2.75, 3.05) is 0 Å². The monoisotopic (exact) mass is 726 g/mol. The summed E-state index contributed by atoms with van der Waals surface area (Å²) in [6.45, 7) is 0. The van der Waals surface area contributed by atoms with Gasteiger partial charge in [0.1, 0.15) is 0 Å². The summed E-state index contributed by atoms with van der Waals surface area (Å²) in [7, 11) is 0. The number of rotatable bonds is 6. The van der Waals surface area contributed by atoms with Crippen LogP contribution < -0.4 is 0 Å². The van der Waals surface area contributed by atoms with Crippen LogP contribution in [0.5, 0.6) is 0 Å². The van der Waals surface area contributed by atoms with Crippen LogP contribution in [0.25, 0.3) is 105 Å². The molecule has 4 nitrogen and oxygen atoms in total. The highest BCUT2D eigenvalue weighted by molar-refractivity contribution is 6.15. The number of hydrogen-bond acceptors (Lipinski definition) is 3. The lowest BCUT2D eigenvalue weighted by Gasteiger charge is -2.21. The Morgan fingerprint density at radius 2 is 0.772 bits per heavy atom. The van der Waals surface area contributed by atoms with E-state index in [1.807, 2.05) is 24.3 Å². The van der Waals surface area contributed by atoms with Crippen molar-refractivity contribution in [1.82, 2.24) is 19.5 Å². The third kappa shape index (κ3) is 5.50. The van der Waals surface area contributed by atoms with Gasteiger partial charge in [-0.2, -0.15) is 0 Å². The lowest BCUT2D eigenvalue weighted by atomic mass is 9.90. The number of aromatic nitrogens is 4. The fraction of sp³-hybridized carbons (Fsp3) is 0. The van der Waals surface area contributed by atoms with E-state index in [-0.39, 0.29) is 0 Å². The quantitative estimate of drug-likeness (QED) is 0.171. The molecule has 0 fully saturated rings. The number of fused-ring (bicyclic) bond motifs is 5. The largest absolute Gasteiger partial charge is 0.309 e. The first-order valence-electron chi connectivity index (χ1n) is 19.3. The van der Waals surface area contributed by atoms with E-state index in [4.69, 9.17) is 15.0 Å². The zero-order chi connectivity index (χ0) is 37.7. The molecule has 0 N–H and O–H groups in total. The Hall–Kier alpha value is -7.69. The predicted molar refractivity (Wildman–Crippen MR) is 236 cm³/mol. The van der Waals surface area contributed by atoms with Gasteiger partial charge in [-0.05, 0) is 56.4 Å². The Kier molecular flexibility index (Phi) is 7.78. The molecule has 0 radical (unpaired) electrons. The minimum absolute atomic E-state index is 0.615. The molecule has 9 aromatic carbocycles. The Morgan fingerprint density at radius 3 is 1.47 bits per heavy atom. The van der Waals surface area contributed by atoms with Crippen molar-refractivity contribution in [2.24, 2.45) is 0 Å². The van der Waals surface area contributed by atoms with E-state index >= 15 is 0 Å². The summed E-state index contributed by atoms with van der Waals surface area (Å²) < 4.78 is 2.43. The van der Waals surface area contributed by atoms with E-state index in [9.17, 15) is 0 Å². The van der Waals surface area contributed by atoms with Gasteiger partial charge in [-0.1, -0.05) is 188 Å². The van der Waals surface area contributed by atoms with Gasteiger partial charge in [0, 0.05) is 33.0 Å². The Balaban J connectivity index is 1.28. The summed E-state index contributed by atoms with van der Waals surface area (Å²) in [5, 5.41) is 7.00. The first-order valence-corrected chi connectivity index (χ1v) is 19.3. The summed E-state index contributed by atoms with van der Waals surface area (Å²) in [6, 6.07) is 72.8. The molecule has 0 aliphatic rings. The topological polar surface area (TPSA) is 43.6 Å². The van der Waals surface area contributed by atoms with Gasteiger partial charge in [-0.15, -0.1) is 0 Å². The van der Waals surface area contributed by atoms with Crippen molar-refractivity contribution in [3.63, 3.8) is 0 Å².